The summed E-state index contributed by atoms with van der Waals surface area (Å²) < 4.78 is 0. The van der Waals surface area contributed by atoms with Gasteiger partial charge in [0.05, 0.1) is 0 Å². The van der Waals surface area contributed by atoms with E-state index in [9.17, 15) is 5.11 Å². The van der Waals surface area contributed by atoms with Gasteiger partial charge >= 0.3 is 0 Å². The van der Waals surface area contributed by atoms with E-state index in [0.717, 1.165) is 24.2 Å². The molecule has 1 fully saturated rings. The van der Waals surface area contributed by atoms with Gasteiger partial charge in [0.1, 0.15) is 10.1 Å². The Morgan fingerprint density at radius 3 is 3.00 bits per heavy atom. The van der Waals surface area contributed by atoms with Gasteiger partial charge in [-0.15, -0.1) is 11.8 Å². The van der Waals surface area contributed by atoms with Crippen LogP contribution in [0.25, 0.3) is 0 Å². The molecule has 1 unspecified atom stereocenters. The van der Waals surface area contributed by atoms with Crippen molar-refractivity contribution in [3.8, 4) is 0 Å². The molecule has 4 heteroatoms. The van der Waals surface area contributed by atoms with Crippen molar-refractivity contribution in [3.05, 3.63) is 29.0 Å². The molecule has 1 aliphatic heterocycles. The average Bonchev–Trinajstić information content (AvgIpc) is 2.57. The standard InChI is InChI=1S/C10H12ClNOS/c11-9-3-2-8(7-12-9)6-10(13)4-1-5-14-10/h2-3,7,13H,1,4-6H2. The number of thioether (sulfide) groups is 1. The molecule has 0 aliphatic carbocycles. The minimum Gasteiger partial charge on any atom is -0.379 e. The molecule has 1 aromatic heterocycles. The van der Waals surface area contributed by atoms with Crippen LogP contribution in [0.4, 0.5) is 0 Å². The predicted molar refractivity (Wildman–Crippen MR) is 59.6 cm³/mol. The second-order valence-electron chi connectivity index (χ2n) is 3.56. The van der Waals surface area contributed by atoms with Gasteiger partial charge < -0.3 is 5.11 Å². The molecule has 2 nitrogen and oxygen atoms in total. The zero-order valence-corrected chi connectivity index (χ0v) is 9.31. The van der Waals surface area contributed by atoms with Crippen molar-refractivity contribution in [1.82, 2.24) is 4.98 Å². The number of pyridine rings is 1. The highest BCUT2D eigenvalue weighted by Crippen LogP contribution is 2.38. The van der Waals surface area contributed by atoms with Gasteiger partial charge in [-0.2, -0.15) is 0 Å². The zero-order chi connectivity index (χ0) is 10.0. The van der Waals surface area contributed by atoms with E-state index in [4.69, 9.17) is 11.6 Å². The van der Waals surface area contributed by atoms with Gasteiger partial charge in [0.15, 0.2) is 0 Å². The van der Waals surface area contributed by atoms with Crippen LogP contribution in [0.3, 0.4) is 0 Å². The lowest BCUT2D eigenvalue weighted by atomic mass is 10.1. The highest BCUT2D eigenvalue weighted by Gasteiger charge is 2.31. The Kier molecular flexibility index (Phi) is 3.00. The van der Waals surface area contributed by atoms with Crippen LogP contribution in [-0.4, -0.2) is 20.8 Å². The highest BCUT2D eigenvalue weighted by molar-refractivity contribution is 8.00. The molecule has 1 N–H and O–H groups in total. The van der Waals surface area contributed by atoms with Gasteiger partial charge in [0.2, 0.25) is 0 Å². The SMILES string of the molecule is OC1(Cc2ccc(Cl)nc2)CCCS1. The van der Waals surface area contributed by atoms with Gasteiger partial charge in [-0.3, -0.25) is 0 Å². The van der Waals surface area contributed by atoms with E-state index >= 15 is 0 Å². The molecule has 0 saturated carbocycles. The van der Waals surface area contributed by atoms with E-state index in [0.29, 0.717) is 11.6 Å². The summed E-state index contributed by atoms with van der Waals surface area (Å²) >= 11 is 7.32. The molecular weight excluding hydrogens is 218 g/mol. The van der Waals surface area contributed by atoms with Crippen LogP contribution < -0.4 is 0 Å². The van der Waals surface area contributed by atoms with Crippen molar-refractivity contribution in [3.63, 3.8) is 0 Å². The molecule has 2 rings (SSSR count). The minimum atomic E-state index is -0.574. The summed E-state index contributed by atoms with van der Waals surface area (Å²) in [5.74, 6) is 1.05. The fraction of sp³-hybridized carbons (Fsp3) is 0.500. The summed E-state index contributed by atoms with van der Waals surface area (Å²) in [5, 5.41) is 10.6. The first-order valence-electron chi connectivity index (χ1n) is 4.65. The van der Waals surface area contributed by atoms with Crippen LogP contribution in [0.5, 0.6) is 0 Å². The summed E-state index contributed by atoms with van der Waals surface area (Å²) in [6.07, 6.45) is 4.38. The van der Waals surface area contributed by atoms with Crippen LogP contribution in [0, 0.1) is 0 Å². The van der Waals surface area contributed by atoms with E-state index in [2.05, 4.69) is 4.98 Å². The maximum absolute atomic E-state index is 10.1. The summed E-state index contributed by atoms with van der Waals surface area (Å²) in [6, 6.07) is 3.69. The van der Waals surface area contributed by atoms with Gasteiger partial charge in [-0.25, -0.2) is 4.98 Å². The van der Waals surface area contributed by atoms with Gasteiger partial charge in [0, 0.05) is 12.6 Å². The molecule has 76 valence electrons. The molecule has 0 bridgehead atoms. The second kappa shape index (κ2) is 4.09. The lowest BCUT2D eigenvalue weighted by Gasteiger charge is -2.20. The Labute approximate surface area is 92.7 Å². The van der Waals surface area contributed by atoms with Crippen molar-refractivity contribution >= 4 is 23.4 Å². The number of halogens is 1. The molecule has 1 aliphatic rings. The molecule has 0 radical (unpaired) electrons. The Morgan fingerprint density at radius 2 is 2.43 bits per heavy atom. The third kappa shape index (κ3) is 2.41. The van der Waals surface area contributed by atoms with Gasteiger partial charge in [-0.1, -0.05) is 17.7 Å². The lowest BCUT2D eigenvalue weighted by molar-refractivity contribution is 0.135. The Balaban J connectivity index is 2.06. The Morgan fingerprint density at radius 1 is 1.57 bits per heavy atom. The third-order valence-corrected chi connectivity index (χ3v) is 3.95. The molecule has 0 amide bonds. The Bertz CT molecular complexity index is 308. The number of aromatic nitrogens is 1. The molecular formula is C10H12ClNOS. The highest BCUT2D eigenvalue weighted by atomic mass is 35.5. The van der Waals surface area contributed by atoms with E-state index in [1.807, 2.05) is 6.07 Å². The van der Waals surface area contributed by atoms with Crippen molar-refractivity contribution in [2.45, 2.75) is 24.2 Å². The maximum atomic E-state index is 10.1. The van der Waals surface area contributed by atoms with Crippen molar-refractivity contribution in [2.24, 2.45) is 0 Å². The minimum absolute atomic E-state index is 0.500. The molecule has 14 heavy (non-hydrogen) atoms. The van der Waals surface area contributed by atoms with Crippen molar-refractivity contribution in [2.75, 3.05) is 5.75 Å². The number of rotatable bonds is 2. The molecule has 1 saturated heterocycles. The Hall–Kier alpha value is -0.250. The summed E-state index contributed by atoms with van der Waals surface area (Å²) in [7, 11) is 0. The van der Waals surface area contributed by atoms with Crippen molar-refractivity contribution < 1.29 is 5.11 Å². The van der Waals surface area contributed by atoms with Crippen molar-refractivity contribution in [1.29, 1.82) is 0 Å². The van der Waals surface area contributed by atoms with Gasteiger partial charge in [0.25, 0.3) is 0 Å². The van der Waals surface area contributed by atoms with E-state index in [-0.39, 0.29) is 0 Å². The maximum Gasteiger partial charge on any atom is 0.129 e. The fourth-order valence-corrected chi connectivity index (χ4v) is 2.99. The quantitative estimate of drug-likeness (QED) is 0.792. The summed E-state index contributed by atoms with van der Waals surface area (Å²) in [4.78, 5) is 3.42. The smallest absolute Gasteiger partial charge is 0.129 e. The number of aliphatic hydroxyl groups is 1. The molecule has 1 atom stereocenters. The fourth-order valence-electron chi connectivity index (χ4n) is 1.65. The van der Waals surface area contributed by atoms with Gasteiger partial charge in [-0.05, 0) is 30.2 Å². The zero-order valence-electron chi connectivity index (χ0n) is 7.74. The molecule has 2 heterocycles. The first-order valence-corrected chi connectivity index (χ1v) is 6.01. The second-order valence-corrected chi connectivity index (χ2v) is 5.41. The average molecular weight is 230 g/mol. The van der Waals surface area contributed by atoms with Crippen LogP contribution in [0.15, 0.2) is 18.3 Å². The van der Waals surface area contributed by atoms with Crippen LogP contribution in [0.1, 0.15) is 18.4 Å². The van der Waals surface area contributed by atoms with Crippen LogP contribution >= 0.6 is 23.4 Å². The number of hydrogen-bond acceptors (Lipinski definition) is 3. The van der Waals surface area contributed by atoms with E-state index < -0.39 is 4.93 Å². The predicted octanol–water partition coefficient (Wildman–Crippen LogP) is 2.49. The van der Waals surface area contributed by atoms with E-state index in [1.54, 1.807) is 24.0 Å². The molecule has 1 aromatic rings. The molecule has 0 aromatic carbocycles. The molecule has 0 spiro atoms. The first kappa shape index (κ1) is 10.3. The number of nitrogens with zero attached hydrogens (tertiary/aromatic N) is 1. The topological polar surface area (TPSA) is 33.1 Å². The number of hydrogen-bond donors (Lipinski definition) is 1. The monoisotopic (exact) mass is 229 g/mol. The van der Waals surface area contributed by atoms with Crippen LogP contribution in [0.2, 0.25) is 5.15 Å². The summed E-state index contributed by atoms with van der Waals surface area (Å²) in [6.45, 7) is 0. The normalized spacial score (nSPS) is 26.7. The first-order chi connectivity index (χ1) is 6.68. The largest absolute Gasteiger partial charge is 0.379 e. The summed E-state index contributed by atoms with van der Waals surface area (Å²) in [5.41, 5.74) is 1.05. The lowest BCUT2D eigenvalue weighted by Crippen LogP contribution is -2.23. The van der Waals surface area contributed by atoms with Crippen LogP contribution in [-0.2, 0) is 6.42 Å². The third-order valence-electron chi connectivity index (χ3n) is 2.35. The van der Waals surface area contributed by atoms with E-state index in [1.165, 1.54) is 0 Å².